The third kappa shape index (κ3) is 3.28. The third-order valence-electron chi connectivity index (χ3n) is 5.82. The van der Waals surface area contributed by atoms with Crippen LogP contribution >= 0.6 is 0 Å². The van der Waals surface area contributed by atoms with E-state index >= 15 is 0 Å². The number of benzene rings is 1. The molecule has 2 atom stereocenters. The third-order valence-corrected chi connectivity index (χ3v) is 5.82. The number of rotatable bonds is 4. The Morgan fingerprint density at radius 2 is 1.90 bits per heavy atom. The highest BCUT2D eigenvalue weighted by Gasteiger charge is 2.31. The Labute approximate surface area is 176 Å². The smallest absolute Gasteiger partial charge is 0.332 e. The second-order valence-corrected chi connectivity index (χ2v) is 7.96. The molecule has 1 fully saturated rings. The summed E-state index contributed by atoms with van der Waals surface area (Å²) in [6.07, 6.45) is 2.29. The maximum Gasteiger partial charge on any atom is 0.332 e. The van der Waals surface area contributed by atoms with Crippen molar-refractivity contribution in [2.75, 3.05) is 6.61 Å². The molecule has 4 heterocycles. The van der Waals surface area contributed by atoms with Gasteiger partial charge in [0.2, 0.25) is 5.89 Å². The number of nitrogens with zero attached hydrogens (tertiary/aromatic N) is 6. The zero-order valence-electron chi connectivity index (χ0n) is 17.5. The van der Waals surface area contributed by atoms with Gasteiger partial charge in [-0.05, 0) is 18.9 Å². The molecule has 10 heteroatoms. The van der Waals surface area contributed by atoms with Gasteiger partial charge in [0.15, 0.2) is 17.0 Å². The van der Waals surface area contributed by atoms with Crippen LogP contribution in [0.4, 0.5) is 0 Å². The van der Waals surface area contributed by atoms with Crippen LogP contribution in [0.3, 0.4) is 0 Å². The van der Waals surface area contributed by atoms with E-state index in [1.807, 2.05) is 0 Å². The predicted octanol–water partition coefficient (Wildman–Crippen LogP) is 1.42. The van der Waals surface area contributed by atoms with E-state index in [1.54, 1.807) is 11.6 Å². The van der Waals surface area contributed by atoms with Crippen LogP contribution in [0.25, 0.3) is 11.2 Å². The van der Waals surface area contributed by atoms with E-state index in [2.05, 4.69) is 46.3 Å². The molecule has 0 bridgehead atoms. The van der Waals surface area contributed by atoms with Crippen LogP contribution in [0.2, 0.25) is 0 Å². The summed E-state index contributed by atoms with van der Waals surface area (Å²) in [6.45, 7) is 2.77. The van der Waals surface area contributed by atoms with Crippen molar-refractivity contribution in [3.8, 4) is 0 Å². The van der Waals surface area contributed by atoms with Crippen LogP contribution in [0.15, 0.2) is 44.7 Å². The van der Waals surface area contributed by atoms with Gasteiger partial charge in [0.1, 0.15) is 6.54 Å². The van der Waals surface area contributed by atoms with Gasteiger partial charge < -0.3 is 13.8 Å². The summed E-state index contributed by atoms with van der Waals surface area (Å²) >= 11 is 0. The summed E-state index contributed by atoms with van der Waals surface area (Å²) in [6, 6.07) is 8.33. The zero-order chi connectivity index (χ0) is 21.7. The maximum atomic E-state index is 12.6. The molecule has 0 saturated carbocycles. The normalized spacial score (nSPS) is 18.8. The van der Waals surface area contributed by atoms with Gasteiger partial charge in [0.05, 0.1) is 19.0 Å². The molecule has 1 aliphatic rings. The second kappa shape index (κ2) is 7.31. The number of hydrogen-bond donors (Lipinski definition) is 0. The number of aryl methyl sites for hydroxylation is 2. The van der Waals surface area contributed by atoms with E-state index in [9.17, 15) is 9.59 Å². The van der Waals surface area contributed by atoms with Crippen molar-refractivity contribution in [1.29, 1.82) is 0 Å². The average Bonchev–Trinajstić information content (AvgIpc) is 3.51. The van der Waals surface area contributed by atoms with Crippen LogP contribution in [0.1, 0.15) is 41.3 Å². The fourth-order valence-corrected chi connectivity index (χ4v) is 3.98. The summed E-state index contributed by atoms with van der Waals surface area (Å²) in [7, 11) is 3.02. The minimum absolute atomic E-state index is 0.00875. The molecular weight excluding hydrogens is 400 g/mol. The minimum atomic E-state index is -0.424. The van der Waals surface area contributed by atoms with E-state index in [0.29, 0.717) is 29.5 Å². The highest BCUT2D eigenvalue weighted by Crippen LogP contribution is 2.37. The highest BCUT2D eigenvalue weighted by atomic mass is 16.5. The number of ether oxygens (including phenoxy) is 1. The molecule has 0 unspecified atom stereocenters. The molecule has 1 aliphatic heterocycles. The van der Waals surface area contributed by atoms with Gasteiger partial charge in [-0.2, -0.15) is 4.98 Å². The number of imidazole rings is 1. The zero-order valence-corrected chi connectivity index (χ0v) is 17.5. The molecule has 31 heavy (non-hydrogen) atoms. The number of hydrogen-bond acceptors (Lipinski definition) is 7. The topological polar surface area (TPSA) is 110 Å². The van der Waals surface area contributed by atoms with Crippen molar-refractivity contribution in [3.63, 3.8) is 0 Å². The number of aromatic nitrogens is 6. The molecule has 1 aromatic carbocycles. The lowest BCUT2D eigenvalue weighted by molar-refractivity contribution is 0.110. The summed E-state index contributed by atoms with van der Waals surface area (Å²) in [5.74, 6) is 0.996. The van der Waals surface area contributed by atoms with Gasteiger partial charge in [-0.15, -0.1) is 0 Å². The van der Waals surface area contributed by atoms with E-state index < -0.39 is 11.2 Å². The van der Waals surface area contributed by atoms with Gasteiger partial charge in [-0.25, -0.2) is 9.78 Å². The van der Waals surface area contributed by atoms with Crippen LogP contribution < -0.4 is 11.2 Å². The van der Waals surface area contributed by atoms with E-state index in [0.717, 1.165) is 16.6 Å². The predicted molar refractivity (Wildman–Crippen MR) is 111 cm³/mol. The van der Waals surface area contributed by atoms with Gasteiger partial charge >= 0.3 is 5.69 Å². The Kier molecular flexibility index (Phi) is 4.58. The standard InChI is InChI=1S/C21H22N6O4/c1-12-4-6-13(7-5-12)15-8-14(10-30-15)18-23-16(31-24-18)9-27-11-22-19-17(27)20(28)26(3)21(29)25(19)2/h4-7,11,14-15H,8-10H2,1-3H3/t14-,15+/m0/s1. The molecule has 0 aliphatic carbocycles. The van der Waals surface area contributed by atoms with Gasteiger partial charge in [0, 0.05) is 20.0 Å². The lowest BCUT2D eigenvalue weighted by atomic mass is 9.99. The molecule has 3 aromatic heterocycles. The Morgan fingerprint density at radius 3 is 2.68 bits per heavy atom. The van der Waals surface area contributed by atoms with Gasteiger partial charge in [0.25, 0.3) is 5.56 Å². The Balaban J connectivity index is 1.37. The molecule has 5 rings (SSSR count). The monoisotopic (exact) mass is 422 g/mol. The van der Waals surface area contributed by atoms with Gasteiger partial charge in [-0.1, -0.05) is 35.0 Å². The first-order chi connectivity index (χ1) is 14.9. The summed E-state index contributed by atoms with van der Waals surface area (Å²) in [4.78, 5) is 33.4. The first-order valence-corrected chi connectivity index (χ1v) is 10.0. The molecular formula is C21H22N6O4. The van der Waals surface area contributed by atoms with Crippen molar-refractivity contribution in [3.05, 3.63) is 74.3 Å². The fourth-order valence-electron chi connectivity index (χ4n) is 3.98. The van der Waals surface area contributed by atoms with Crippen LogP contribution in [-0.2, 0) is 25.4 Å². The summed E-state index contributed by atoms with van der Waals surface area (Å²) < 4.78 is 15.4. The summed E-state index contributed by atoms with van der Waals surface area (Å²) in [5.41, 5.74) is 2.14. The first kappa shape index (κ1) is 19.4. The van der Waals surface area contributed by atoms with Crippen LogP contribution in [-0.4, -0.2) is 35.4 Å². The first-order valence-electron chi connectivity index (χ1n) is 10.0. The van der Waals surface area contributed by atoms with E-state index in [1.165, 1.54) is 23.5 Å². The SMILES string of the molecule is Cc1ccc([C@H]2C[C@H](c3noc(Cn4cnc5c4c(=O)n(C)c(=O)n5C)n3)CO2)cc1. The van der Waals surface area contributed by atoms with Crippen molar-refractivity contribution in [2.24, 2.45) is 14.1 Å². The lowest BCUT2D eigenvalue weighted by Gasteiger charge is -2.09. The average molecular weight is 422 g/mol. The summed E-state index contributed by atoms with van der Waals surface area (Å²) in [5, 5.41) is 4.13. The molecule has 10 nitrogen and oxygen atoms in total. The van der Waals surface area contributed by atoms with Crippen molar-refractivity contribution in [2.45, 2.75) is 31.9 Å². The Bertz CT molecular complexity index is 1380. The van der Waals surface area contributed by atoms with Crippen molar-refractivity contribution >= 4 is 11.2 Å². The molecule has 0 amide bonds. The molecule has 0 N–H and O–H groups in total. The highest BCUT2D eigenvalue weighted by molar-refractivity contribution is 5.70. The van der Waals surface area contributed by atoms with Crippen molar-refractivity contribution in [1.82, 2.24) is 28.8 Å². The van der Waals surface area contributed by atoms with E-state index in [4.69, 9.17) is 9.26 Å². The molecule has 160 valence electrons. The molecule has 1 saturated heterocycles. The van der Waals surface area contributed by atoms with Crippen LogP contribution in [0, 0.1) is 6.92 Å². The molecule has 0 spiro atoms. The maximum absolute atomic E-state index is 12.6. The Morgan fingerprint density at radius 1 is 1.13 bits per heavy atom. The van der Waals surface area contributed by atoms with Crippen molar-refractivity contribution < 1.29 is 9.26 Å². The minimum Gasteiger partial charge on any atom is -0.373 e. The molecule has 4 aromatic rings. The quantitative estimate of drug-likeness (QED) is 0.489. The Hall–Kier alpha value is -3.53. The van der Waals surface area contributed by atoms with Gasteiger partial charge in [-0.3, -0.25) is 13.9 Å². The van der Waals surface area contributed by atoms with Crippen LogP contribution in [0.5, 0.6) is 0 Å². The fraction of sp³-hybridized carbons (Fsp3) is 0.381. The number of fused-ring (bicyclic) bond motifs is 1. The lowest BCUT2D eigenvalue weighted by Crippen LogP contribution is -2.37. The van der Waals surface area contributed by atoms with E-state index in [-0.39, 0.29) is 18.6 Å². The second-order valence-electron chi connectivity index (χ2n) is 7.96. The molecule has 0 radical (unpaired) electrons. The largest absolute Gasteiger partial charge is 0.373 e.